The molecule has 0 aliphatic heterocycles. The van der Waals surface area contributed by atoms with Crippen LogP contribution in [0, 0.1) is 17.8 Å². The zero-order valence-electron chi connectivity index (χ0n) is 9.11. The summed E-state index contributed by atoms with van der Waals surface area (Å²) in [5.41, 5.74) is 6.07. The van der Waals surface area contributed by atoms with Gasteiger partial charge >= 0.3 is 0 Å². The molecule has 4 heteroatoms. The van der Waals surface area contributed by atoms with Gasteiger partial charge < -0.3 is 5.73 Å². The lowest BCUT2D eigenvalue weighted by Gasteiger charge is -2.35. The van der Waals surface area contributed by atoms with Crippen LogP contribution in [0.1, 0.15) is 33.1 Å². The van der Waals surface area contributed by atoms with Gasteiger partial charge in [-0.25, -0.2) is 4.21 Å². The Bertz CT molecular complexity index is 208. The van der Waals surface area contributed by atoms with Crippen LogP contribution < -0.4 is 10.9 Å². The highest BCUT2D eigenvalue weighted by Crippen LogP contribution is 2.32. The van der Waals surface area contributed by atoms with Gasteiger partial charge in [0.05, 0.1) is 11.0 Å². The van der Waals surface area contributed by atoms with Crippen molar-refractivity contribution in [2.45, 2.75) is 39.2 Å². The molecule has 1 fully saturated rings. The average molecular weight is 218 g/mol. The second-order valence-corrected chi connectivity index (χ2v) is 5.88. The zero-order chi connectivity index (χ0) is 10.7. The van der Waals surface area contributed by atoms with E-state index in [1.807, 2.05) is 0 Å². The molecular formula is C10H22N2OS. The highest BCUT2D eigenvalue weighted by Gasteiger charge is 2.29. The second-order valence-electron chi connectivity index (χ2n) is 4.79. The molecule has 0 radical (unpaired) electrons. The van der Waals surface area contributed by atoms with Crippen molar-refractivity contribution in [3.8, 4) is 0 Å². The van der Waals surface area contributed by atoms with Crippen LogP contribution in [0.5, 0.6) is 0 Å². The minimum Gasteiger partial charge on any atom is -0.327 e. The monoisotopic (exact) mass is 218 g/mol. The lowest BCUT2D eigenvalue weighted by atomic mass is 9.75. The molecule has 0 amide bonds. The molecule has 0 bridgehead atoms. The first-order chi connectivity index (χ1) is 6.50. The Balaban J connectivity index is 2.43. The van der Waals surface area contributed by atoms with Crippen LogP contribution >= 0.6 is 0 Å². The first-order valence-electron chi connectivity index (χ1n) is 5.39. The molecule has 0 aromatic rings. The van der Waals surface area contributed by atoms with Crippen LogP contribution in [-0.4, -0.2) is 16.0 Å². The van der Waals surface area contributed by atoms with Crippen molar-refractivity contribution >= 4 is 11.0 Å². The standard InChI is InChI=1S/C10H22N2OS/c1-7(2)8-3-4-9(6-14(12)13)10(11)5-8/h7-10H,3-6,11-12H2,1-2H3. The molecule has 0 saturated heterocycles. The molecular weight excluding hydrogens is 196 g/mol. The fourth-order valence-corrected chi connectivity index (χ4v) is 3.16. The van der Waals surface area contributed by atoms with E-state index in [9.17, 15) is 4.21 Å². The molecule has 4 unspecified atom stereocenters. The summed E-state index contributed by atoms with van der Waals surface area (Å²) in [6.07, 6.45) is 3.37. The average Bonchev–Trinajstić information content (AvgIpc) is 2.07. The molecule has 0 aromatic carbocycles. The molecule has 3 nitrogen and oxygen atoms in total. The van der Waals surface area contributed by atoms with Crippen LogP contribution in [-0.2, 0) is 11.0 Å². The summed E-state index contributed by atoms with van der Waals surface area (Å²) in [6.45, 7) is 4.50. The van der Waals surface area contributed by atoms with Crippen molar-refractivity contribution in [1.29, 1.82) is 0 Å². The molecule has 4 atom stereocenters. The van der Waals surface area contributed by atoms with Crippen molar-refractivity contribution in [3.05, 3.63) is 0 Å². The topological polar surface area (TPSA) is 69.1 Å². The van der Waals surface area contributed by atoms with E-state index in [1.54, 1.807) is 0 Å². The van der Waals surface area contributed by atoms with Gasteiger partial charge in [0.25, 0.3) is 0 Å². The highest BCUT2D eigenvalue weighted by atomic mass is 32.2. The van der Waals surface area contributed by atoms with Gasteiger partial charge in [0.1, 0.15) is 0 Å². The Morgan fingerprint density at radius 3 is 2.50 bits per heavy atom. The van der Waals surface area contributed by atoms with Gasteiger partial charge in [-0.2, -0.15) is 0 Å². The molecule has 0 heterocycles. The third kappa shape index (κ3) is 3.33. The Morgan fingerprint density at radius 2 is 2.07 bits per heavy atom. The Morgan fingerprint density at radius 1 is 1.43 bits per heavy atom. The van der Waals surface area contributed by atoms with E-state index in [2.05, 4.69) is 13.8 Å². The Hall–Kier alpha value is 0.0700. The Labute approximate surface area is 89.2 Å². The molecule has 0 aromatic heterocycles. The fraction of sp³-hybridized carbons (Fsp3) is 1.00. The van der Waals surface area contributed by atoms with Crippen LogP contribution in [0.25, 0.3) is 0 Å². The van der Waals surface area contributed by atoms with Crippen LogP contribution in [0.15, 0.2) is 0 Å². The normalized spacial score (nSPS) is 35.9. The smallest absolute Gasteiger partial charge is 0.0891 e. The molecule has 1 aliphatic rings. The molecule has 1 rings (SSSR count). The quantitative estimate of drug-likeness (QED) is 0.742. The van der Waals surface area contributed by atoms with E-state index in [0.29, 0.717) is 17.6 Å². The first kappa shape index (κ1) is 12.1. The fourth-order valence-electron chi connectivity index (χ4n) is 2.33. The predicted molar refractivity (Wildman–Crippen MR) is 60.8 cm³/mol. The molecule has 14 heavy (non-hydrogen) atoms. The Kier molecular flexibility index (Phi) is 4.54. The number of nitrogens with two attached hydrogens (primary N) is 2. The first-order valence-corrected chi connectivity index (χ1v) is 6.77. The summed E-state index contributed by atoms with van der Waals surface area (Å²) in [5, 5.41) is 5.30. The summed E-state index contributed by atoms with van der Waals surface area (Å²) in [5.74, 6) is 2.40. The predicted octanol–water partition coefficient (Wildman–Crippen LogP) is 1.01. The lowest BCUT2D eigenvalue weighted by Crippen LogP contribution is -2.41. The SMILES string of the molecule is CC(C)C1CCC(CS(N)=O)C(N)C1. The third-order valence-corrected chi connectivity index (χ3v) is 4.17. The van der Waals surface area contributed by atoms with Crippen molar-refractivity contribution in [1.82, 2.24) is 0 Å². The lowest BCUT2D eigenvalue weighted by molar-refractivity contribution is 0.208. The zero-order valence-corrected chi connectivity index (χ0v) is 9.93. The summed E-state index contributed by atoms with van der Waals surface area (Å²) < 4.78 is 10.9. The van der Waals surface area contributed by atoms with Gasteiger partial charge in [-0.05, 0) is 37.0 Å². The molecule has 84 valence electrons. The molecule has 0 spiro atoms. The maximum Gasteiger partial charge on any atom is 0.0891 e. The van der Waals surface area contributed by atoms with Crippen LogP contribution in [0.3, 0.4) is 0 Å². The van der Waals surface area contributed by atoms with Gasteiger partial charge in [0.2, 0.25) is 0 Å². The van der Waals surface area contributed by atoms with Gasteiger partial charge in [-0.15, -0.1) is 0 Å². The van der Waals surface area contributed by atoms with E-state index in [-0.39, 0.29) is 6.04 Å². The van der Waals surface area contributed by atoms with E-state index < -0.39 is 11.0 Å². The summed E-state index contributed by atoms with van der Waals surface area (Å²) in [6, 6.07) is 0.198. The maximum atomic E-state index is 10.9. The van der Waals surface area contributed by atoms with E-state index in [0.717, 1.165) is 18.8 Å². The van der Waals surface area contributed by atoms with Gasteiger partial charge in [-0.3, -0.25) is 5.14 Å². The molecule has 4 N–H and O–H groups in total. The number of rotatable bonds is 3. The second kappa shape index (κ2) is 5.24. The van der Waals surface area contributed by atoms with Crippen molar-refractivity contribution in [2.24, 2.45) is 28.6 Å². The van der Waals surface area contributed by atoms with Crippen molar-refractivity contribution in [2.75, 3.05) is 5.75 Å². The van der Waals surface area contributed by atoms with Gasteiger partial charge in [0, 0.05) is 11.8 Å². The molecule has 1 saturated carbocycles. The van der Waals surface area contributed by atoms with Crippen molar-refractivity contribution < 1.29 is 4.21 Å². The maximum absolute atomic E-state index is 10.9. The minimum atomic E-state index is -1.19. The largest absolute Gasteiger partial charge is 0.327 e. The third-order valence-electron chi connectivity index (χ3n) is 3.41. The van der Waals surface area contributed by atoms with Crippen molar-refractivity contribution in [3.63, 3.8) is 0 Å². The number of hydrogen-bond acceptors (Lipinski definition) is 2. The van der Waals surface area contributed by atoms with E-state index in [1.165, 1.54) is 6.42 Å². The van der Waals surface area contributed by atoms with Crippen LogP contribution in [0.2, 0.25) is 0 Å². The summed E-state index contributed by atoms with van der Waals surface area (Å²) in [7, 11) is -1.19. The minimum absolute atomic E-state index is 0.198. The van der Waals surface area contributed by atoms with Gasteiger partial charge in [-0.1, -0.05) is 13.8 Å². The summed E-state index contributed by atoms with van der Waals surface area (Å²) >= 11 is 0. The summed E-state index contributed by atoms with van der Waals surface area (Å²) in [4.78, 5) is 0. The highest BCUT2D eigenvalue weighted by molar-refractivity contribution is 7.82. The molecule has 1 aliphatic carbocycles. The van der Waals surface area contributed by atoms with E-state index in [4.69, 9.17) is 10.9 Å². The van der Waals surface area contributed by atoms with E-state index >= 15 is 0 Å². The van der Waals surface area contributed by atoms with Gasteiger partial charge in [0.15, 0.2) is 0 Å². The number of hydrogen-bond donors (Lipinski definition) is 2. The van der Waals surface area contributed by atoms with Crippen LogP contribution in [0.4, 0.5) is 0 Å².